The standard InChI is InChI=1S/C8H14O2/c1-7(9)6-8-2-4-10-5-3-8/h8H,2-6H2,1H3. The fourth-order valence-corrected chi connectivity index (χ4v) is 1.36. The van der Waals surface area contributed by atoms with Crippen molar-refractivity contribution in [3.63, 3.8) is 0 Å². The number of ketones is 1. The second-order valence-corrected chi connectivity index (χ2v) is 2.96. The first-order chi connectivity index (χ1) is 4.79. The van der Waals surface area contributed by atoms with Gasteiger partial charge in [-0.15, -0.1) is 0 Å². The molecule has 1 rings (SSSR count). The zero-order chi connectivity index (χ0) is 7.40. The number of hydrogen-bond acceptors (Lipinski definition) is 2. The molecule has 1 aliphatic heterocycles. The van der Waals surface area contributed by atoms with E-state index >= 15 is 0 Å². The summed E-state index contributed by atoms with van der Waals surface area (Å²) in [5.74, 6) is 0.915. The minimum absolute atomic E-state index is 0.312. The van der Waals surface area contributed by atoms with Crippen LogP contribution < -0.4 is 0 Å². The van der Waals surface area contributed by atoms with Crippen molar-refractivity contribution in [1.82, 2.24) is 0 Å². The van der Waals surface area contributed by atoms with Crippen molar-refractivity contribution in [3.8, 4) is 0 Å². The SMILES string of the molecule is CC(=O)CC1CCOCC1. The highest BCUT2D eigenvalue weighted by Crippen LogP contribution is 2.18. The summed E-state index contributed by atoms with van der Waals surface area (Å²) >= 11 is 0. The predicted octanol–water partition coefficient (Wildman–Crippen LogP) is 1.39. The van der Waals surface area contributed by atoms with Crippen LogP contribution in [0.1, 0.15) is 26.2 Å². The van der Waals surface area contributed by atoms with E-state index in [0.29, 0.717) is 11.7 Å². The molecule has 0 spiro atoms. The topological polar surface area (TPSA) is 26.3 Å². The van der Waals surface area contributed by atoms with Gasteiger partial charge in [-0.05, 0) is 25.7 Å². The average molecular weight is 142 g/mol. The quantitative estimate of drug-likeness (QED) is 0.582. The van der Waals surface area contributed by atoms with Gasteiger partial charge in [0, 0.05) is 19.6 Å². The predicted molar refractivity (Wildman–Crippen MR) is 38.8 cm³/mol. The number of Topliss-reactive ketones (excluding diaryl/α,β-unsaturated/α-hetero) is 1. The van der Waals surface area contributed by atoms with E-state index in [0.717, 1.165) is 32.5 Å². The van der Waals surface area contributed by atoms with Gasteiger partial charge < -0.3 is 9.53 Å². The highest BCUT2D eigenvalue weighted by molar-refractivity contribution is 5.75. The molecule has 0 saturated carbocycles. The molecule has 0 aromatic carbocycles. The lowest BCUT2D eigenvalue weighted by Gasteiger charge is -2.20. The molecule has 0 bridgehead atoms. The Morgan fingerprint density at radius 1 is 1.50 bits per heavy atom. The van der Waals surface area contributed by atoms with Gasteiger partial charge in [0.1, 0.15) is 5.78 Å². The van der Waals surface area contributed by atoms with Gasteiger partial charge >= 0.3 is 0 Å². The monoisotopic (exact) mass is 142 g/mol. The molecule has 10 heavy (non-hydrogen) atoms. The average Bonchev–Trinajstić information content (AvgIpc) is 1.88. The molecular formula is C8H14O2. The van der Waals surface area contributed by atoms with Crippen molar-refractivity contribution in [3.05, 3.63) is 0 Å². The lowest BCUT2D eigenvalue weighted by Crippen LogP contribution is -2.17. The van der Waals surface area contributed by atoms with Crippen molar-refractivity contribution in [1.29, 1.82) is 0 Å². The maximum Gasteiger partial charge on any atom is 0.130 e. The first-order valence-corrected chi connectivity index (χ1v) is 3.86. The van der Waals surface area contributed by atoms with Crippen LogP contribution in [0.15, 0.2) is 0 Å². The summed E-state index contributed by atoms with van der Waals surface area (Å²) in [6, 6.07) is 0. The second-order valence-electron chi connectivity index (χ2n) is 2.96. The second kappa shape index (κ2) is 3.71. The minimum atomic E-state index is 0.312. The molecule has 0 aromatic heterocycles. The molecule has 2 nitrogen and oxygen atoms in total. The third-order valence-corrected chi connectivity index (χ3v) is 1.92. The van der Waals surface area contributed by atoms with Crippen LogP contribution >= 0.6 is 0 Å². The molecule has 58 valence electrons. The Labute approximate surface area is 61.6 Å². The molecule has 1 aliphatic rings. The van der Waals surface area contributed by atoms with E-state index in [1.165, 1.54) is 0 Å². The molecular weight excluding hydrogens is 128 g/mol. The van der Waals surface area contributed by atoms with Crippen molar-refractivity contribution in [2.24, 2.45) is 5.92 Å². The lowest BCUT2D eigenvalue weighted by molar-refractivity contribution is -0.118. The Bertz CT molecular complexity index is 114. The van der Waals surface area contributed by atoms with Crippen LogP contribution in [0.5, 0.6) is 0 Å². The number of carbonyl (C=O) groups is 1. The van der Waals surface area contributed by atoms with Crippen molar-refractivity contribution in [2.75, 3.05) is 13.2 Å². The summed E-state index contributed by atoms with van der Waals surface area (Å²) in [7, 11) is 0. The normalized spacial score (nSPS) is 20.9. The number of carbonyl (C=O) groups excluding carboxylic acids is 1. The minimum Gasteiger partial charge on any atom is -0.381 e. The van der Waals surface area contributed by atoms with Crippen LogP contribution in [0.2, 0.25) is 0 Å². The fourth-order valence-electron chi connectivity index (χ4n) is 1.36. The van der Waals surface area contributed by atoms with Crippen molar-refractivity contribution in [2.45, 2.75) is 26.2 Å². The summed E-state index contributed by atoms with van der Waals surface area (Å²) in [5, 5.41) is 0. The van der Waals surface area contributed by atoms with Crippen LogP contribution in [0.3, 0.4) is 0 Å². The van der Waals surface area contributed by atoms with Gasteiger partial charge in [-0.1, -0.05) is 0 Å². The molecule has 0 atom stereocenters. The fraction of sp³-hybridized carbons (Fsp3) is 0.875. The van der Waals surface area contributed by atoms with Gasteiger partial charge in [0.15, 0.2) is 0 Å². The van der Waals surface area contributed by atoms with E-state index < -0.39 is 0 Å². The van der Waals surface area contributed by atoms with Gasteiger partial charge in [-0.3, -0.25) is 0 Å². The molecule has 1 saturated heterocycles. The Balaban J connectivity index is 2.19. The largest absolute Gasteiger partial charge is 0.381 e. The van der Waals surface area contributed by atoms with E-state index in [9.17, 15) is 4.79 Å². The highest BCUT2D eigenvalue weighted by atomic mass is 16.5. The highest BCUT2D eigenvalue weighted by Gasteiger charge is 2.14. The first-order valence-electron chi connectivity index (χ1n) is 3.86. The van der Waals surface area contributed by atoms with Crippen molar-refractivity contribution < 1.29 is 9.53 Å². The molecule has 1 heterocycles. The maximum absolute atomic E-state index is 10.7. The number of hydrogen-bond donors (Lipinski definition) is 0. The Morgan fingerprint density at radius 2 is 2.10 bits per heavy atom. The summed E-state index contributed by atoms with van der Waals surface area (Å²) in [6.07, 6.45) is 2.89. The summed E-state index contributed by atoms with van der Waals surface area (Å²) < 4.78 is 5.17. The van der Waals surface area contributed by atoms with Gasteiger partial charge in [0.2, 0.25) is 0 Å². The van der Waals surface area contributed by atoms with E-state index in [-0.39, 0.29) is 0 Å². The Kier molecular flexibility index (Phi) is 2.87. The summed E-state index contributed by atoms with van der Waals surface area (Å²) in [4.78, 5) is 10.7. The van der Waals surface area contributed by atoms with Crippen LogP contribution in [-0.4, -0.2) is 19.0 Å². The first kappa shape index (κ1) is 7.73. The zero-order valence-electron chi connectivity index (χ0n) is 6.43. The lowest BCUT2D eigenvalue weighted by atomic mass is 9.95. The van der Waals surface area contributed by atoms with Gasteiger partial charge in [0.25, 0.3) is 0 Å². The van der Waals surface area contributed by atoms with Crippen LogP contribution in [0.4, 0.5) is 0 Å². The van der Waals surface area contributed by atoms with Crippen LogP contribution in [0, 0.1) is 5.92 Å². The van der Waals surface area contributed by atoms with E-state index in [4.69, 9.17) is 4.74 Å². The molecule has 0 amide bonds. The molecule has 0 radical (unpaired) electrons. The van der Waals surface area contributed by atoms with Gasteiger partial charge in [0.05, 0.1) is 0 Å². The Morgan fingerprint density at radius 3 is 2.60 bits per heavy atom. The third kappa shape index (κ3) is 2.48. The zero-order valence-corrected chi connectivity index (χ0v) is 6.43. The Hall–Kier alpha value is -0.370. The molecule has 0 aromatic rings. The van der Waals surface area contributed by atoms with Gasteiger partial charge in [-0.2, -0.15) is 0 Å². The molecule has 1 fully saturated rings. The summed E-state index contributed by atoms with van der Waals surface area (Å²) in [6.45, 7) is 3.35. The van der Waals surface area contributed by atoms with E-state index in [2.05, 4.69) is 0 Å². The van der Waals surface area contributed by atoms with Gasteiger partial charge in [-0.25, -0.2) is 0 Å². The number of rotatable bonds is 2. The molecule has 2 heteroatoms. The third-order valence-electron chi connectivity index (χ3n) is 1.92. The molecule has 0 unspecified atom stereocenters. The van der Waals surface area contributed by atoms with Crippen molar-refractivity contribution >= 4 is 5.78 Å². The van der Waals surface area contributed by atoms with Crippen LogP contribution in [-0.2, 0) is 9.53 Å². The van der Waals surface area contributed by atoms with E-state index in [1.54, 1.807) is 6.92 Å². The van der Waals surface area contributed by atoms with Crippen LogP contribution in [0.25, 0.3) is 0 Å². The summed E-state index contributed by atoms with van der Waals surface area (Å²) in [5.41, 5.74) is 0. The smallest absolute Gasteiger partial charge is 0.130 e. The molecule has 0 N–H and O–H groups in total. The number of ether oxygens (including phenoxy) is 1. The maximum atomic E-state index is 10.7. The van der Waals surface area contributed by atoms with E-state index in [1.807, 2.05) is 0 Å². The molecule has 0 aliphatic carbocycles.